The summed E-state index contributed by atoms with van der Waals surface area (Å²) in [6.07, 6.45) is 3.94. The molecule has 150 valence electrons. The second-order valence-corrected chi connectivity index (χ2v) is 7.40. The lowest BCUT2D eigenvalue weighted by Crippen LogP contribution is -2.02. The maximum Gasteiger partial charge on any atom is 0.339 e. The van der Waals surface area contributed by atoms with E-state index in [2.05, 4.69) is 18.2 Å². The summed E-state index contributed by atoms with van der Waals surface area (Å²) >= 11 is 0. The van der Waals surface area contributed by atoms with E-state index in [4.69, 9.17) is 9.47 Å². The zero-order valence-electron chi connectivity index (χ0n) is 17.1. The molecule has 4 heterocycles. The van der Waals surface area contributed by atoms with Crippen LogP contribution in [0.3, 0.4) is 0 Å². The number of pyridine rings is 2. The Morgan fingerprint density at radius 2 is 1.30 bits per heavy atom. The van der Waals surface area contributed by atoms with Gasteiger partial charge in [0.05, 0.1) is 36.4 Å². The van der Waals surface area contributed by atoms with Gasteiger partial charge in [-0.2, -0.15) is 0 Å². The van der Waals surface area contributed by atoms with E-state index in [9.17, 15) is 9.59 Å². The summed E-state index contributed by atoms with van der Waals surface area (Å²) in [4.78, 5) is 24.4. The van der Waals surface area contributed by atoms with Gasteiger partial charge in [-0.05, 0) is 48.9 Å². The minimum atomic E-state index is -0.350. The number of benzene rings is 1. The summed E-state index contributed by atoms with van der Waals surface area (Å²) < 4.78 is 13.9. The van der Waals surface area contributed by atoms with Crippen molar-refractivity contribution in [3.05, 3.63) is 71.3 Å². The number of aryl methyl sites for hydroxylation is 2. The van der Waals surface area contributed by atoms with E-state index >= 15 is 0 Å². The van der Waals surface area contributed by atoms with Gasteiger partial charge in [0.25, 0.3) is 0 Å². The Bertz CT molecular complexity index is 1520. The van der Waals surface area contributed by atoms with Gasteiger partial charge < -0.3 is 18.3 Å². The first kappa shape index (κ1) is 18.2. The van der Waals surface area contributed by atoms with E-state index in [1.165, 1.54) is 14.2 Å². The Morgan fingerprint density at radius 3 is 1.93 bits per heavy atom. The van der Waals surface area contributed by atoms with Crippen LogP contribution in [0, 0.1) is 13.8 Å². The van der Waals surface area contributed by atoms with Gasteiger partial charge in [-0.25, -0.2) is 9.59 Å². The minimum Gasteiger partial charge on any atom is -0.465 e. The Labute approximate surface area is 172 Å². The van der Waals surface area contributed by atoms with E-state index in [0.29, 0.717) is 11.1 Å². The number of aromatic nitrogens is 2. The Morgan fingerprint density at radius 1 is 0.733 bits per heavy atom. The summed E-state index contributed by atoms with van der Waals surface area (Å²) in [6.45, 7) is 3.82. The van der Waals surface area contributed by atoms with Gasteiger partial charge in [0, 0.05) is 34.6 Å². The number of carbonyl (C=O) groups is 2. The zero-order valence-corrected chi connectivity index (χ0v) is 17.1. The molecule has 0 N–H and O–H groups in total. The van der Waals surface area contributed by atoms with Crippen molar-refractivity contribution >= 4 is 44.5 Å². The van der Waals surface area contributed by atoms with Gasteiger partial charge >= 0.3 is 11.9 Å². The monoisotopic (exact) mass is 400 g/mol. The molecular weight excluding hydrogens is 380 g/mol. The van der Waals surface area contributed by atoms with E-state index < -0.39 is 0 Å². The molecule has 0 radical (unpaired) electrons. The van der Waals surface area contributed by atoms with E-state index in [0.717, 1.165) is 44.0 Å². The Hall–Kier alpha value is -3.80. The number of fused-ring (bicyclic) bond motifs is 7. The highest BCUT2D eigenvalue weighted by Gasteiger charge is 2.19. The molecule has 0 bridgehead atoms. The SMILES string of the molecule is COC(=O)c1cc2c3ccc4ccn5c(C)c(C(=O)OC)cc5c4c3ccn2c1C. The summed E-state index contributed by atoms with van der Waals surface area (Å²) in [7, 11) is 2.78. The minimum absolute atomic E-state index is 0.350. The van der Waals surface area contributed by atoms with Gasteiger partial charge in [0.2, 0.25) is 0 Å². The molecule has 0 aliphatic carbocycles. The molecule has 5 rings (SSSR count). The molecular formula is C24H20N2O4. The average Bonchev–Trinajstić information content (AvgIpc) is 3.29. The van der Waals surface area contributed by atoms with Crippen molar-refractivity contribution < 1.29 is 19.1 Å². The van der Waals surface area contributed by atoms with Crippen LogP contribution in [0.1, 0.15) is 32.1 Å². The van der Waals surface area contributed by atoms with Crippen molar-refractivity contribution in [2.75, 3.05) is 14.2 Å². The standard InChI is InChI=1S/C24H20N2O4/c1-13-18(23(27)29-3)11-20-16-6-5-15-7-9-26-14(2)19(24(28)30-4)12-21(26)22(15)17(16)8-10-25(13)20/h5-12H,1-4H3. The Kier molecular flexibility index (Phi) is 3.86. The van der Waals surface area contributed by atoms with Crippen LogP contribution in [0.2, 0.25) is 0 Å². The number of methoxy groups -OCH3 is 2. The summed E-state index contributed by atoms with van der Waals surface area (Å²) in [5, 5.41) is 4.20. The maximum absolute atomic E-state index is 12.2. The van der Waals surface area contributed by atoms with Crippen LogP contribution < -0.4 is 0 Å². The number of hydrogen-bond donors (Lipinski definition) is 0. The molecule has 0 aliphatic heterocycles. The summed E-state index contributed by atoms with van der Waals surface area (Å²) in [5.41, 5.74) is 4.65. The molecule has 5 aromatic rings. The van der Waals surface area contributed by atoms with Crippen molar-refractivity contribution in [2.24, 2.45) is 0 Å². The molecule has 0 fully saturated rings. The van der Waals surface area contributed by atoms with Crippen molar-refractivity contribution in [3.63, 3.8) is 0 Å². The van der Waals surface area contributed by atoms with Gasteiger partial charge in [0.1, 0.15) is 0 Å². The quantitative estimate of drug-likeness (QED) is 0.319. The molecule has 1 aromatic carbocycles. The molecule has 4 aromatic heterocycles. The van der Waals surface area contributed by atoms with Crippen LogP contribution in [0.15, 0.2) is 48.8 Å². The molecule has 0 unspecified atom stereocenters. The van der Waals surface area contributed by atoms with E-state index in [1.807, 2.05) is 53.2 Å². The first-order valence-electron chi connectivity index (χ1n) is 9.60. The summed E-state index contributed by atoms with van der Waals surface area (Å²) in [5.74, 6) is -0.700. The van der Waals surface area contributed by atoms with E-state index in [1.54, 1.807) is 0 Å². The number of nitrogens with zero attached hydrogens (tertiary/aromatic N) is 2. The maximum atomic E-state index is 12.2. The average molecular weight is 400 g/mol. The third-order valence-electron chi connectivity index (χ3n) is 6.00. The van der Waals surface area contributed by atoms with Gasteiger partial charge in [0.15, 0.2) is 0 Å². The number of ether oxygens (including phenoxy) is 2. The topological polar surface area (TPSA) is 61.4 Å². The van der Waals surface area contributed by atoms with Crippen LogP contribution in [0.5, 0.6) is 0 Å². The van der Waals surface area contributed by atoms with Crippen molar-refractivity contribution in [3.8, 4) is 0 Å². The zero-order chi connectivity index (χ0) is 21.2. The lowest BCUT2D eigenvalue weighted by atomic mass is 10.0. The summed E-state index contributed by atoms with van der Waals surface area (Å²) in [6, 6.07) is 12.0. The highest BCUT2D eigenvalue weighted by Crippen LogP contribution is 2.34. The smallest absolute Gasteiger partial charge is 0.339 e. The van der Waals surface area contributed by atoms with Crippen molar-refractivity contribution in [2.45, 2.75) is 13.8 Å². The largest absolute Gasteiger partial charge is 0.465 e. The number of carbonyl (C=O) groups excluding carboxylic acids is 2. The molecule has 0 saturated carbocycles. The third-order valence-corrected chi connectivity index (χ3v) is 6.00. The highest BCUT2D eigenvalue weighted by atomic mass is 16.5. The van der Waals surface area contributed by atoms with Crippen LogP contribution >= 0.6 is 0 Å². The van der Waals surface area contributed by atoms with Crippen LogP contribution in [-0.2, 0) is 9.47 Å². The molecule has 30 heavy (non-hydrogen) atoms. The normalized spacial score (nSPS) is 11.6. The number of hydrogen-bond acceptors (Lipinski definition) is 4. The van der Waals surface area contributed by atoms with Gasteiger partial charge in [-0.3, -0.25) is 0 Å². The van der Waals surface area contributed by atoms with Gasteiger partial charge in [-0.1, -0.05) is 12.1 Å². The van der Waals surface area contributed by atoms with Gasteiger partial charge in [-0.15, -0.1) is 0 Å². The first-order valence-corrected chi connectivity index (χ1v) is 9.60. The predicted octanol–water partition coefficient (Wildman–Crippen LogP) is 4.69. The van der Waals surface area contributed by atoms with Crippen LogP contribution in [0.25, 0.3) is 32.6 Å². The van der Waals surface area contributed by atoms with E-state index in [-0.39, 0.29) is 11.9 Å². The fourth-order valence-electron chi connectivity index (χ4n) is 4.42. The molecule has 0 amide bonds. The number of esters is 2. The van der Waals surface area contributed by atoms with Crippen LogP contribution in [-0.4, -0.2) is 35.0 Å². The molecule has 6 heteroatoms. The van der Waals surface area contributed by atoms with Crippen molar-refractivity contribution in [1.29, 1.82) is 0 Å². The second kappa shape index (κ2) is 6.35. The first-order chi connectivity index (χ1) is 14.5. The highest BCUT2D eigenvalue weighted by molar-refractivity contribution is 6.19. The molecule has 0 saturated heterocycles. The predicted molar refractivity (Wildman–Crippen MR) is 116 cm³/mol. The third kappa shape index (κ3) is 2.30. The molecule has 0 aliphatic rings. The molecule has 0 atom stereocenters. The molecule has 0 spiro atoms. The lowest BCUT2D eigenvalue weighted by Gasteiger charge is -2.09. The molecule has 6 nitrogen and oxygen atoms in total. The lowest BCUT2D eigenvalue weighted by molar-refractivity contribution is 0.0591. The Balaban J connectivity index is 1.92. The van der Waals surface area contributed by atoms with Crippen molar-refractivity contribution in [1.82, 2.24) is 8.80 Å². The fraction of sp³-hybridized carbons (Fsp3) is 0.167. The number of rotatable bonds is 2. The second-order valence-electron chi connectivity index (χ2n) is 7.40. The fourth-order valence-corrected chi connectivity index (χ4v) is 4.42. The van der Waals surface area contributed by atoms with Crippen LogP contribution in [0.4, 0.5) is 0 Å².